The molecule has 0 saturated carbocycles. The topological polar surface area (TPSA) is 50.1 Å². The van der Waals surface area contributed by atoms with Gasteiger partial charge in [-0.2, -0.15) is 16.9 Å². The van der Waals surface area contributed by atoms with Crippen LogP contribution in [0.15, 0.2) is 24.3 Å². The Morgan fingerprint density at radius 2 is 2.00 bits per heavy atom. The van der Waals surface area contributed by atoms with Gasteiger partial charge in [0, 0.05) is 36.2 Å². The van der Waals surface area contributed by atoms with Gasteiger partial charge in [0.05, 0.1) is 11.4 Å². The second-order valence-corrected chi connectivity index (χ2v) is 6.49. The molecule has 0 bridgehead atoms. The van der Waals surface area contributed by atoms with Gasteiger partial charge in [0.2, 0.25) is 0 Å². The molecule has 1 heterocycles. The summed E-state index contributed by atoms with van der Waals surface area (Å²) in [7, 11) is 0. The van der Waals surface area contributed by atoms with Gasteiger partial charge in [0.1, 0.15) is 5.82 Å². The van der Waals surface area contributed by atoms with Crippen LogP contribution >= 0.6 is 11.8 Å². The van der Waals surface area contributed by atoms with E-state index < -0.39 is 0 Å². The molecule has 1 atom stereocenters. The molecule has 2 rings (SSSR count). The van der Waals surface area contributed by atoms with Gasteiger partial charge < -0.3 is 10.4 Å². The fourth-order valence-corrected chi connectivity index (χ4v) is 3.30. The van der Waals surface area contributed by atoms with Gasteiger partial charge in [-0.3, -0.25) is 0 Å². The third-order valence-electron chi connectivity index (χ3n) is 3.93. The second-order valence-electron chi connectivity index (χ2n) is 5.58. The number of hydrogen-bond donors (Lipinski definition) is 2. The molecule has 23 heavy (non-hydrogen) atoms. The molecule has 4 nitrogen and oxygen atoms in total. The van der Waals surface area contributed by atoms with Crippen molar-refractivity contribution < 1.29 is 9.50 Å². The van der Waals surface area contributed by atoms with Crippen LogP contribution in [0.25, 0.3) is 5.69 Å². The molecule has 1 aromatic carbocycles. The normalized spacial score (nSPS) is 12.6. The van der Waals surface area contributed by atoms with E-state index in [2.05, 4.69) is 16.7 Å². The van der Waals surface area contributed by atoms with Gasteiger partial charge in [0.25, 0.3) is 0 Å². The van der Waals surface area contributed by atoms with Crippen molar-refractivity contribution in [2.75, 3.05) is 18.6 Å². The molecule has 0 amide bonds. The minimum Gasteiger partial charge on any atom is -0.396 e. The Labute approximate surface area is 141 Å². The van der Waals surface area contributed by atoms with Gasteiger partial charge in [-0.15, -0.1) is 0 Å². The summed E-state index contributed by atoms with van der Waals surface area (Å²) in [5.41, 5.74) is 4.02. The van der Waals surface area contributed by atoms with Crippen molar-refractivity contribution in [1.29, 1.82) is 0 Å². The van der Waals surface area contributed by atoms with E-state index in [4.69, 9.17) is 5.11 Å². The van der Waals surface area contributed by atoms with Crippen molar-refractivity contribution in [3.05, 3.63) is 47.0 Å². The Morgan fingerprint density at radius 3 is 2.61 bits per heavy atom. The van der Waals surface area contributed by atoms with Crippen LogP contribution in [0.1, 0.15) is 23.4 Å². The van der Waals surface area contributed by atoms with Gasteiger partial charge in [-0.25, -0.2) is 9.07 Å². The molecule has 0 radical (unpaired) electrons. The van der Waals surface area contributed by atoms with E-state index >= 15 is 0 Å². The fourth-order valence-electron chi connectivity index (χ4n) is 2.61. The minimum absolute atomic E-state index is 0.186. The largest absolute Gasteiger partial charge is 0.396 e. The van der Waals surface area contributed by atoms with E-state index in [0.29, 0.717) is 6.54 Å². The van der Waals surface area contributed by atoms with Crippen LogP contribution in [-0.4, -0.2) is 39.5 Å². The summed E-state index contributed by atoms with van der Waals surface area (Å²) in [6.07, 6.45) is 2.81. The van der Waals surface area contributed by atoms with E-state index in [1.54, 1.807) is 23.9 Å². The van der Waals surface area contributed by atoms with E-state index in [9.17, 15) is 4.39 Å². The SMILES string of the molecule is CSCC(CCO)NCc1c(C)nn(-c2ccc(F)cc2)c1C. The number of aliphatic hydroxyl groups is 1. The summed E-state index contributed by atoms with van der Waals surface area (Å²) in [6.45, 7) is 4.91. The maximum Gasteiger partial charge on any atom is 0.123 e. The first-order chi connectivity index (χ1) is 11.1. The summed E-state index contributed by atoms with van der Waals surface area (Å²) in [4.78, 5) is 0. The lowest BCUT2D eigenvalue weighted by Gasteiger charge is -2.16. The highest BCUT2D eigenvalue weighted by atomic mass is 32.2. The first kappa shape index (κ1) is 18.0. The number of rotatable bonds is 8. The summed E-state index contributed by atoms with van der Waals surface area (Å²) in [5, 5.41) is 17.2. The predicted molar refractivity (Wildman–Crippen MR) is 93.7 cm³/mol. The van der Waals surface area contributed by atoms with E-state index in [1.165, 1.54) is 12.1 Å². The molecule has 1 aromatic heterocycles. The molecule has 6 heteroatoms. The number of thioether (sulfide) groups is 1. The van der Waals surface area contributed by atoms with E-state index in [-0.39, 0.29) is 18.5 Å². The predicted octanol–water partition coefficient (Wildman–Crippen LogP) is 2.83. The van der Waals surface area contributed by atoms with Gasteiger partial charge >= 0.3 is 0 Å². The minimum atomic E-state index is -0.249. The first-order valence-electron chi connectivity index (χ1n) is 7.71. The molecule has 0 spiro atoms. The average Bonchev–Trinajstić information content (AvgIpc) is 2.81. The summed E-state index contributed by atoms with van der Waals surface area (Å²) >= 11 is 1.77. The number of halogens is 1. The van der Waals surface area contributed by atoms with Gasteiger partial charge in [-0.1, -0.05) is 0 Å². The zero-order valence-electron chi connectivity index (χ0n) is 13.8. The number of aryl methyl sites for hydroxylation is 1. The van der Waals surface area contributed by atoms with Crippen molar-refractivity contribution in [3.8, 4) is 5.69 Å². The lowest BCUT2D eigenvalue weighted by molar-refractivity contribution is 0.269. The highest BCUT2D eigenvalue weighted by Gasteiger charge is 2.14. The van der Waals surface area contributed by atoms with Crippen LogP contribution < -0.4 is 5.32 Å². The summed E-state index contributed by atoms with van der Waals surface area (Å²) in [6, 6.07) is 6.63. The second kappa shape index (κ2) is 8.47. The highest BCUT2D eigenvalue weighted by Crippen LogP contribution is 2.18. The standard InChI is InChI=1S/C17H24FN3OS/c1-12-17(10-19-15(8-9-22)11-23-3)13(2)21(20-12)16-6-4-14(18)5-7-16/h4-7,15,19,22H,8-11H2,1-3H3. The first-order valence-corrected chi connectivity index (χ1v) is 9.10. The number of nitrogens with one attached hydrogen (secondary N) is 1. The molecular weight excluding hydrogens is 313 g/mol. The monoisotopic (exact) mass is 337 g/mol. The Bertz CT molecular complexity index is 622. The Morgan fingerprint density at radius 1 is 1.30 bits per heavy atom. The molecule has 0 aliphatic heterocycles. The van der Waals surface area contributed by atoms with E-state index in [0.717, 1.165) is 34.8 Å². The zero-order chi connectivity index (χ0) is 16.8. The quantitative estimate of drug-likeness (QED) is 0.778. The Kier molecular flexibility index (Phi) is 6.62. The lowest BCUT2D eigenvalue weighted by atomic mass is 10.1. The van der Waals surface area contributed by atoms with Crippen molar-refractivity contribution in [1.82, 2.24) is 15.1 Å². The van der Waals surface area contributed by atoms with Gasteiger partial charge in [0.15, 0.2) is 0 Å². The molecular formula is C17H24FN3OS. The number of benzene rings is 1. The van der Waals surface area contributed by atoms with Crippen LogP contribution in [0.3, 0.4) is 0 Å². The molecule has 2 N–H and O–H groups in total. The van der Waals surface area contributed by atoms with Crippen LogP contribution in [0.2, 0.25) is 0 Å². The number of aromatic nitrogens is 2. The smallest absolute Gasteiger partial charge is 0.123 e. The van der Waals surface area contributed by atoms with Crippen LogP contribution in [0.5, 0.6) is 0 Å². The molecule has 0 aliphatic carbocycles. The summed E-state index contributed by atoms with van der Waals surface area (Å²) < 4.78 is 14.9. The third-order valence-corrected chi connectivity index (χ3v) is 4.66. The van der Waals surface area contributed by atoms with Crippen LogP contribution in [0, 0.1) is 19.7 Å². The summed E-state index contributed by atoms with van der Waals surface area (Å²) in [5.74, 6) is 0.714. The maximum atomic E-state index is 13.1. The fraction of sp³-hybridized carbons (Fsp3) is 0.471. The highest BCUT2D eigenvalue weighted by molar-refractivity contribution is 7.98. The Hall–Kier alpha value is -1.37. The molecule has 0 saturated heterocycles. The molecule has 126 valence electrons. The number of aliphatic hydroxyl groups excluding tert-OH is 1. The van der Waals surface area contributed by atoms with Crippen molar-refractivity contribution in [3.63, 3.8) is 0 Å². The van der Waals surface area contributed by atoms with E-state index in [1.807, 2.05) is 18.5 Å². The number of nitrogens with zero attached hydrogens (tertiary/aromatic N) is 2. The third kappa shape index (κ3) is 4.56. The Balaban J connectivity index is 2.15. The maximum absolute atomic E-state index is 13.1. The number of hydrogen-bond acceptors (Lipinski definition) is 4. The molecule has 0 fully saturated rings. The van der Waals surface area contributed by atoms with Crippen molar-refractivity contribution in [2.45, 2.75) is 32.9 Å². The molecule has 0 aliphatic rings. The van der Waals surface area contributed by atoms with Crippen molar-refractivity contribution >= 4 is 11.8 Å². The molecule has 1 unspecified atom stereocenters. The van der Waals surface area contributed by atoms with Crippen LogP contribution in [-0.2, 0) is 6.54 Å². The molecule has 2 aromatic rings. The van der Waals surface area contributed by atoms with Crippen LogP contribution in [0.4, 0.5) is 4.39 Å². The average molecular weight is 337 g/mol. The van der Waals surface area contributed by atoms with Crippen molar-refractivity contribution in [2.24, 2.45) is 0 Å². The zero-order valence-corrected chi connectivity index (χ0v) is 14.7. The van der Waals surface area contributed by atoms with Gasteiger partial charge in [-0.05, 0) is 50.8 Å². The lowest BCUT2D eigenvalue weighted by Crippen LogP contribution is -2.32.